The van der Waals surface area contributed by atoms with Crippen molar-refractivity contribution in [3.63, 3.8) is 0 Å². The molecule has 2 aromatic carbocycles. The van der Waals surface area contributed by atoms with E-state index in [-0.39, 0.29) is 40.8 Å². The number of aryl methyl sites for hydroxylation is 2. The fraction of sp³-hybridized carbons (Fsp3) is 0.395. The molecule has 6 atom stereocenters. The summed E-state index contributed by atoms with van der Waals surface area (Å²) in [4.78, 5) is 61.1. The number of aromatic nitrogens is 2. The summed E-state index contributed by atoms with van der Waals surface area (Å²) < 4.78 is 2.61. The highest BCUT2D eigenvalue weighted by Gasteiger charge is 2.68. The molecule has 2 aliphatic carbocycles. The van der Waals surface area contributed by atoms with Crippen LogP contribution in [0.3, 0.4) is 0 Å². The molecule has 2 aliphatic heterocycles. The lowest BCUT2D eigenvalue weighted by atomic mass is 9.51. The topological polar surface area (TPSA) is 113 Å². The van der Waals surface area contributed by atoms with Gasteiger partial charge < -0.3 is 5.11 Å². The Labute approximate surface area is 303 Å². The van der Waals surface area contributed by atoms with E-state index in [2.05, 4.69) is 0 Å². The van der Waals surface area contributed by atoms with Gasteiger partial charge in [0.2, 0.25) is 23.6 Å². The molecule has 4 aliphatic rings. The highest BCUT2D eigenvalue weighted by molar-refractivity contribution is 7.22. The van der Waals surface area contributed by atoms with Crippen LogP contribution in [0.25, 0.3) is 20.7 Å². The number of benzene rings is 2. The van der Waals surface area contributed by atoms with Crippen LogP contribution in [0.4, 0.5) is 5.82 Å². The average molecular weight is 732 g/mol. The number of allylic oxidation sites excluding steroid dienone is 2. The van der Waals surface area contributed by atoms with Gasteiger partial charge in [0.05, 0.1) is 28.0 Å². The van der Waals surface area contributed by atoms with Crippen molar-refractivity contribution in [2.24, 2.45) is 36.1 Å². The summed E-state index contributed by atoms with van der Waals surface area (Å²) in [6.45, 7) is 9.36. The number of thiophene rings is 1. The van der Waals surface area contributed by atoms with Crippen LogP contribution >= 0.6 is 34.5 Å². The van der Waals surface area contributed by atoms with Crippen LogP contribution in [-0.4, -0.2) is 49.0 Å². The third kappa shape index (κ3) is 4.47. The van der Waals surface area contributed by atoms with Gasteiger partial charge in [-0.3, -0.25) is 28.8 Å². The lowest BCUT2D eigenvalue weighted by molar-refractivity contribution is -0.145. The molecule has 12 heteroatoms. The Morgan fingerprint density at radius 3 is 2.42 bits per heavy atom. The quantitative estimate of drug-likeness (QED) is 0.171. The fourth-order valence-electron chi connectivity index (χ4n) is 9.20. The normalized spacial score (nSPS) is 28.0. The van der Waals surface area contributed by atoms with Gasteiger partial charge in [0.15, 0.2) is 0 Å². The monoisotopic (exact) mass is 730 g/mol. The lowest BCUT2D eigenvalue weighted by Crippen LogP contribution is -2.49. The molecule has 4 heterocycles. The maximum absolute atomic E-state index is 15.0. The number of imide groups is 2. The number of amides is 4. The summed E-state index contributed by atoms with van der Waals surface area (Å²) in [7, 11) is 1.72. The van der Waals surface area contributed by atoms with Gasteiger partial charge in [0.1, 0.15) is 17.3 Å². The summed E-state index contributed by atoms with van der Waals surface area (Å²) in [5.41, 5.74) is 1.07. The minimum Gasteiger partial charge on any atom is -0.508 e. The Balaban J connectivity index is 1.26. The number of hydrogen-bond donors (Lipinski definition) is 1. The number of phenols is 1. The van der Waals surface area contributed by atoms with Crippen LogP contribution in [0, 0.1) is 36.0 Å². The Morgan fingerprint density at radius 1 is 0.980 bits per heavy atom. The molecule has 258 valence electrons. The average Bonchev–Trinajstić information content (AvgIpc) is 3.71. The predicted octanol–water partition coefficient (Wildman–Crippen LogP) is 7.65. The summed E-state index contributed by atoms with van der Waals surface area (Å²) >= 11 is 14.7. The maximum atomic E-state index is 15.0. The van der Waals surface area contributed by atoms with E-state index in [0.717, 1.165) is 26.1 Å². The molecular weight excluding hydrogens is 695 g/mol. The molecule has 4 amide bonds. The van der Waals surface area contributed by atoms with E-state index in [4.69, 9.17) is 28.3 Å². The summed E-state index contributed by atoms with van der Waals surface area (Å²) in [5, 5.41) is 17.0. The summed E-state index contributed by atoms with van der Waals surface area (Å²) in [6, 6.07) is 12.2. The molecule has 4 aromatic rings. The summed E-state index contributed by atoms with van der Waals surface area (Å²) in [5.74, 6) is -4.06. The second-order valence-corrected chi connectivity index (χ2v) is 17.2. The molecule has 0 spiro atoms. The van der Waals surface area contributed by atoms with Gasteiger partial charge in [-0.05, 0) is 100 Å². The number of nitrogens with zero attached hydrogens (tertiary/aromatic N) is 4. The number of anilines is 1. The molecule has 2 aromatic heterocycles. The molecule has 2 saturated heterocycles. The fourth-order valence-corrected chi connectivity index (χ4v) is 10.8. The number of carbonyl (C=O) groups excluding carboxylic acids is 4. The van der Waals surface area contributed by atoms with Crippen molar-refractivity contribution in [3.8, 4) is 16.3 Å². The van der Waals surface area contributed by atoms with Gasteiger partial charge >= 0.3 is 0 Å². The number of aromatic hydroxyl groups is 1. The maximum Gasteiger partial charge on any atom is 0.242 e. The van der Waals surface area contributed by atoms with Crippen molar-refractivity contribution in [2.45, 2.75) is 58.9 Å². The van der Waals surface area contributed by atoms with E-state index in [1.807, 2.05) is 58.9 Å². The molecule has 1 saturated carbocycles. The molecule has 0 radical (unpaired) electrons. The number of halogens is 2. The highest BCUT2D eigenvalue weighted by atomic mass is 35.5. The predicted molar refractivity (Wildman–Crippen MR) is 193 cm³/mol. The first-order valence-corrected chi connectivity index (χ1v) is 18.3. The molecule has 8 rings (SSSR count). The van der Waals surface area contributed by atoms with Gasteiger partial charge in [-0.15, -0.1) is 11.3 Å². The second kappa shape index (κ2) is 11.0. The largest absolute Gasteiger partial charge is 0.508 e. The minimum absolute atomic E-state index is 0.0282. The standard InChI is InChI=1S/C38H36Cl2N4O5S/c1-17-23-13-18(39)7-12-28(23)50-32(17)27-16-29(42(6)41-27)43-34(47)25-15-24-20(10-11-22-30(24)35(48)44(33(22)46)37(2,3)4)31(38(25,5)36(43)49)21-9-8-19(45)14-26(21)40/h7-10,12-14,16,22,24-25,30-31,45H,11,15H2,1-6H3/t22-,24+,25-,30-,31+,38+/m0/s1. The van der Waals surface area contributed by atoms with E-state index >= 15 is 0 Å². The van der Waals surface area contributed by atoms with Crippen molar-refractivity contribution < 1.29 is 24.3 Å². The van der Waals surface area contributed by atoms with E-state index in [1.54, 1.807) is 35.2 Å². The minimum atomic E-state index is -1.28. The van der Waals surface area contributed by atoms with Crippen molar-refractivity contribution in [1.29, 1.82) is 0 Å². The number of hydrogen-bond acceptors (Lipinski definition) is 7. The lowest BCUT2D eigenvalue weighted by Gasteiger charge is -2.49. The first-order chi connectivity index (χ1) is 23.5. The van der Waals surface area contributed by atoms with E-state index < -0.39 is 40.5 Å². The summed E-state index contributed by atoms with van der Waals surface area (Å²) in [6.07, 6.45) is 2.57. The molecule has 9 nitrogen and oxygen atoms in total. The zero-order chi connectivity index (χ0) is 35.8. The molecule has 1 N–H and O–H groups in total. The molecule has 0 unspecified atom stereocenters. The SMILES string of the molecule is Cc1c(-c2cc(N3C(=O)[C@@H]4C[C@@H]5C(=CC[C@@H]6C(=O)N(C(C)(C)C)C(=O)[C@@H]65)[C@H](c5ccc(O)cc5Cl)[C@]4(C)C3=O)n(C)n2)sc2ccc(Cl)cc12. The van der Waals surface area contributed by atoms with Gasteiger partial charge in [0.25, 0.3) is 0 Å². The smallest absolute Gasteiger partial charge is 0.242 e. The third-order valence-electron chi connectivity index (χ3n) is 11.5. The van der Waals surface area contributed by atoms with Crippen molar-refractivity contribution in [1.82, 2.24) is 14.7 Å². The van der Waals surface area contributed by atoms with Crippen LogP contribution in [-0.2, 0) is 26.2 Å². The van der Waals surface area contributed by atoms with Crippen LogP contribution in [0.1, 0.15) is 57.6 Å². The van der Waals surface area contributed by atoms with Gasteiger partial charge in [0, 0.05) is 39.3 Å². The van der Waals surface area contributed by atoms with Gasteiger partial charge in [-0.25, -0.2) is 4.90 Å². The molecule has 3 fully saturated rings. The number of likely N-dealkylation sites (tertiary alicyclic amines) is 1. The van der Waals surface area contributed by atoms with Crippen molar-refractivity contribution >= 4 is 74.1 Å². The Kier molecular flexibility index (Phi) is 7.30. The van der Waals surface area contributed by atoms with Crippen LogP contribution in [0.2, 0.25) is 10.0 Å². The van der Waals surface area contributed by atoms with Crippen LogP contribution in [0.15, 0.2) is 54.1 Å². The van der Waals surface area contributed by atoms with Crippen molar-refractivity contribution in [2.75, 3.05) is 4.90 Å². The molecule has 0 bridgehead atoms. The van der Waals surface area contributed by atoms with Crippen molar-refractivity contribution in [3.05, 3.63) is 75.3 Å². The van der Waals surface area contributed by atoms with Crippen LogP contribution in [0.5, 0.6) is 5.75 Å². The first kappa shape index (κ1) is 33.2. The Morgan fingerprint density at radius 2 is 1.72 bits per heavy atom. The van der Waals surface area contributed by atoms with E-state index in [0.29, 0.717) is 28.5 Å². The number of carbonyl (C=O) groups is 4. The second-order valence-electron chi connectivity index (χ2n) is 15.3. The number of fused-ring (bicyclic) bond motifs is 5. The number of phenolic OH excluding ortho intramolecular Hbond substituents is 1. The molecular formula is C38H36Cl2N4O5S. The Hall–Kier alpha value is -3.99. The zero-order valence-corrected chi connectivity index (χ0v) is 30.8. The first-order valence-electron chi connectivity index (χ1n) is 16.7. The van der Waals surface area contributed by atoms with E-state index in [1.165, 1.54) is 21.9 Å². The Bertz CT molecular complexity index is 2230. The van der Waals surface area contributed by atoms with Gasteiger partial charge in [-0.1, -0.05) is 40.9 Å². The van der Waals surface area contributed by atoms with E-state index in [9.17, 15) is 24.3 Å². The highest BCUT2D eigenvalue weighted by Crippen LogP contribution is 2.64. The number of rotatable bonds is 3. The molecule has 50 heavy (non-hydrogen) atoms. The zero-order valence-electron chi connectivity index (χ0n) is 28.5. The van der Waals surface area contributed by atoms with Crippen LogP contribution < -0.4 is 4.90 Å². The van der Waals surface area contributed by atoms with Gasteiger partial charge in [-0.2, -0.15) is 5.10 Å². The third-order valence-corrected chi connectivity index (χ3v) is 13.3.